The molecule has 1 aromatic rings. The van der Waals surface area contributed by atoms with Crippen molar-refractivity contribution >= 4 is 5.71 Å². The van der Waals surface area contributed by atoms with Gasteiger partial charge in [0.05, 0.1) is 16.8 Å². The van der Waals surface area contributed by atoms with Gasteiger partial charge in [0, 0.05) is 17.9 Å². The number of hydrogen-bond acceptors (Lipinski definition) is 4. The van der Waals surface area contributed by atoms with Gasteiger partial charge in [-0.25, -0.2) is 0 Å². The summed E-state index contributed by atoms with van der Waals surface area (Å²) in [7, 11) is 0. The van der Waals surface area contributed by atoms with E-state index in [1.165, 1.54) is 36.2 Å². The Bertz CT molecular complexity index is 563. The van der Waals surface area contributed by atoms with E-state index in [0.717, 1.165) is 31.4 Å². The van der Waals surface area contributed by atoms with Gasteiger partial charge in [-0.1, -0.05) is 24.2 Å². The molecular formula is C16H22N2O2. The summed E-state index contributed by atoms with van der Waals surface area (Å²) in [6, 6.07) is 0. The van der Waals surface area contributed by atoms with Crippen LogP contribution in [-0.4, -0.2) is 17.0 Å². The predicted octanol–water partition coefficient (Wildman–Crippen LogP) is 3.39. The minimum absolute atomic E-state index is 0.0269. The molecule has 3 aliphatic rings. The van der Waals surface area contributed by atoms with Crippen molar-refractivity contribution in [1.29, 1.82) is 0 Å². The van der Waals surface area contributed by atoms with Gasteiger partial charge in [-0.3, -0.25) is 0 Å². The zero-order chi connectivity index (χ0) is 13.7. The fraction of sp³-hybridized carbons (Fsp3) is 0.750. The average molecular weight is 274 g/mol. The van der Waals surface area contributed by atoms with E-state index in [0.29, 0.717) is 5.92 Å². The fourth-order valence-electron chi connectivity index (χ4n) is 4.53. The fourth-order valence-corrected chi connectivity index (χ4v) is 4.53. The highest BCUT2D eigenvalue weighted by Gasteiger charge is 2.55. The van der Waals surface area contributed by atoms with Gasteiger partial charge >= 0.3 is 0 Å². The van der Waals surface area contributed by atoms with E-state index in [1.807, 2.05) is 0 Å². The Morgan fingerprint density at radius 2 is 2.20 bits per heavy atom. The van der Waals surface area contributed by atoms with Gasteiger partial charge in [0.15, 0.2) is 0 Å². The molecule has 1 aromatic heterocycles. The maximum absolute atomic E-state index is 5.67. The van der Waals surface area contributed by atoms with Crippen LogP contribution in [0.3, 0.4) is 0 Å². The molecule has 0 N–H and O–H groups in total. The molecule has 3 atom stereocenters. The molecule has 20 heavy (non-hydrogen) atoms. The van der Waals surface area contributed by atoms with Crippen molar-refractivity contribution in [2.75, 3.05) is 0 Å². The Kier molecular flexibility index (Phi) is 2.69. The monoisotopic (exact) mass is 274 g/mol. The largest absolute Gasteiger partial charge is 0.392 e. The number of aromatic nitrogens is 1. The van der Waals surface area contributed by atoms with Crippen LogP contribution >= 0.6 is 0 Å². The van der Waals surface area contributed by atoms with Crippen molar-refractivity contribution in [2.45, 2.75) is 70.3 Å². The van der Waals surface area contributed by atoms with Crippen molar-refractivity contribution in [1.82, 2.24) is 5.16 Å². The summed E-state index contributed by atoms with van der Waals surface area (Å²) >= 11 is 0. The van der Waals surface area contributed by atoms with Crippen LogP contribution in [0.25, 0.3) is 0 Å². The minimum Gasteiger partial charge on any atom is -0.392 e. The van der Waals surface area contributed by atoms with E-state index < -0.39 is 0 Å². The van der Waals surface area contributed by atoms with Gasteiger partial charge in [-0.15, -0.1) is 0 Å². The van der Waals surface area contributed by atoms with Gasteiger partial charge in [-0.2, -0.15) is 0 Å². The first-order valence-corrected chi connectivity index (χ1v) is 8.02. The second-order valence-electron chi connectivity index (χ2n) is 6.40. The van der Waals surface area contributed by atoms with Gasteiger partial charge in [0.1, 0.15) is 11.9 Å². The highest BCUT2D eigenvalue weighted by molar-refractivity contribution is 5.99. The molecule has 1 aliphatic heterocycles. The van der Waals surface area contributed by atoms with Crippen molar-refractivity contribution in [3.63, 3.8) is 0 Å². The SMILES string of the molecule is CCc1onc2c1CCC[C@]21CCC2C1=NOC2CC. The Balaban J connectivity index is 1.79. The van der Waals surface area contributed by atoms with Gasteiger partial charge in [0.2, 0.25) is 0 Å². The molecule has 2 aliphatic carbocycles. The second kappa shape index (κ2) is 4.34. The molecule has 1 spiro atoms. The number of nitrogens with zero attached hydrogens (tertiary/aromatic N) is 2. The molecule has 4 heteroatoms. The van der Waals surface area contributed by atoms with E-state index in [9.17, 15) is 0 Å². The number of oxime groups is 1. The molecule has 1 saturated carbocycles. The summed E-state index contributed by atoms with van der Waals surface area (Å²) in [6.45, 7) is 4.33. The summed E-state index contributed by atoms with van der Waals surface area (Å²) < 4.78 is 5.61. The van der Waals surface area contributed by atoms with E-state index >= 15 is 0 Å². The molecular weight excluding hydrogens is 252 g/mol. The van der Waals surface area contributed by atoms with Crippen LogP contribution in [0.15, 0.2) is 9.68 Å². The average Bonchev–Trinajstić information content (AvgIpc) is 3.15. The highest BCUT2D eigenvalue weighted by Crippen LogP contribution is 2.52. The maximum Gasteiger partial charge on any atom is 0.139 e. The van der Waals surface area contributed by atoms with Crippen molar-refractivity contribution < 1.29 is 9.36 Å². The Morgan fingerprint density at radius 3 is 3.00 bits per heavy atom. The number of rotatable bonds is 2. The third-order valence-corrected chi connectivity index (χ3v) is 5.54. The van der Waals surface area contributed by atoms with Crippen molar-refractivity contribution in [2.24, 2.45) is 11.1 Å². The lowest BCUT2D eigenvalue weighted by Crippen LogP contribution is -2.37. The first kappa shape index (κ1) is 12.4. The third kappa shape index (κ3) is 1.42. The third-order valence-electron chi connectivity index (χ3n) is 5.54. The van der Waals surface area contributed by atoms with E-state index in [1.54, 1.807) is 0 Å². The number of fused-ring (bicyclic) bond motifs is 4. The molecule has 0 bridgehead atoms. The molecule has 4 nitrogen and oxygen atoms in total. The topological polar surface area (TPSA) is 47.6 Å². The summed E-state index contributed by atoms with van der Waals surface area (Å²) in [4.78, 5) is 5.67. The van der Waals surface area contributed by atoms with Crippen LogP contribution in [0.4, 0.5) is 0 Å². The molecule has 0 saturated heterocycles. The van der Waals surface area contributed by atoms with Crippen LogP contribution in [0.5, 0.6) is 0 Å². The molecule has 108 valence electrons. The maximum atomic E-state index is 5.67. The van der Waals surface area contributed by atoms with Gasteiger partial charge in [-0.05, 0) is 38.5 Å². The lowest BCUT2D eigenvalue weighted by atomic mass is 9.70. The first-order chi connectivity index (χ1) is 9.80. The summed E-state index contributed by atoms with van der Waals surface area (Å²) in [5, 5.41) is 8.96. The predicted molar refractivity (Wildman–Crippen MR) is 75.8 cm³/mol. The lowest BCUT2D eigenvalue weighted by molar-refractivity contribution is 0.0562. The molecule has 4 rings (SSSR count). The molecule has 2 heterocycles. The van der Waals surface area contributed by atoms with Crippen LogP contribution in [-0.2, 0) is 23.1 Å². The van der Waals surface area contributed by atoms with Crippen molar-refractivity contribution in [3.05, 3.63) is 17.0 Å². The Labute approximate surface area is 119 Å². The first-order valence-electron chi connectivity index (χ1n) is 8.02. The van der Waals surface area contributed by atoms with Gasteiger partial charge in [0.25, 0.3) is 0 Å². The summed E-state index contributed by atoms with van der Waals surface area (Å²) in [6.07, 6.45) is 8.09. The summed E-state index contributed by atoms with van der Waals surface area (Å²) in [5.74, 6) is 1.59. The quantitative estimate of drug-likeness (QED) is 0.830. The second-order valence-corrected chi connectivity index (χ2v) is 6.40. The molecule has 1 fully saturated rings. The molecule has 0 radical (unpaired) electrons. The zero-order valence-electron chi connectivity index (χ0n) is 12.3. The summed E-state index contributed by atoms with van der Waals surface area (Å²) in [5.41, 5.74) is 3.84. The van der Waals surface area contributed by atoms with Crippen LogP contribution in [0.2, 0.25) is 0 Å². The van der Waals surface area contributed by atoms with Gasteiger partial charge < -0.3 is 9.36 Å². The smallest absolute Gasteiger partial charge is 0.139 e. The number of aryl methyl sites for hydroxylation is 1. The van der Waals surface area contributed by atoms with Crippen LogP contribution in [0.1, 0.15) is 63.0 Å². The van der Waals surface area contributed by atoms with E-state index in [2.05, 4.69) is 24.2 Å². The van der Waals surface area contributed by atoms with E-state index in [-0.39, 0.29) is 11.5 Å². The Morgan fingerprint density at radius 1 is 1.30 bits per heavy atom. The lowest BCUT2D eigenvalue weighted by Gasteiger charge is -2.31. The Hall–Kier alpha value is -1.32. The number of hydrogen-bond donors (Lipinski definition) is 0. The van der Waals surface area contributed by atoms with Crippen molar-refractivity contribution in [3.8, 4) is 0 Å². The van der Waals surface area contributed by atoms with Crippen LogP contribution in [0, 0.1) is 5.92 Å². The zero-order valence-corrected chi connectivity index (χ0v) is 12.3. The van der Waals surface area contributed by atoms with E-state index in [4.69, 9.17) is 9.36 Å². The standard InChI is InChI=1S/C16H22N2O2/c1-3-12-10-6-5-8-16(14(10)17-19-12)9-7-11-13(4-2)20-18-15(11)16/h11,13H,3-9H2,1-2H3/t11?,13?,16-/m0/s1. The molecule has 2 unspecified atom stereocenters. The van der Waals surface area contributed by atoms with Crippen LogP contribution < -0.4 is 0 Å². The normalized spacial score (nSPS) is 34.8. The molecule has 0 aromatic carbocycles. The minimum atomic E-state index is 0.0269. The molecule has 0 amide bonds. The highest BCUT2D eigenvalue weighted by atomic mass is 16.6.